The SMILES string of the molecule is O=C(Cc1c[nH]c2ccccc12)N1CCCC(n2cccn2)C1. The average molecular weight is 308 g/mol. The second-order valence-corrected chi connectivity index (χ2v) is 6.16. The highest BCUT2D eigenvalue weighted by Crippen LogP contribution is 2.23. The van der Waals surface area contributed by atoms with Gasteiger partial charge >= 0.3 is 0 Å². The van der Waals surface area contributed by atoms with Gasteiger partial charge in [-0.25, -0.2) is 0 Å². The Balaban J connectivity index is 1.48. The number of nitrogens with one attached hydrogen (secondary N) is 1. The molecule has 5 nitrogen and oxygen atoms in total. The molecule has 1 aliphatic rings. The zero-order chi connectivity index (χ0) is 15.6. The van der Waals surface area contributed by atoms with E-state index in [1.54, 1.807) is 6.20 Å². The van der Waals surface area contributed by atoms with Gasteiger partial charge in [0.25, 0.3) is 0 Å². The fourth-order valence-electron chi connectivity index (χ4n) is 3.45. The van der Waals surface area contributed by atoms with Gasteiger partial charge in [-0.05, 0) is 30.5 Å². The van der Waals surface area contributed by atoms with Crippen LogP contribution < -0.4 is 0 Å². The first-order valence-electron chi connectivity index (χ1n) is 8.13. The summed E-state index contributed by atoms with van der Waals surface area (Å²) < 4.78 is 1.98. The molecule has 1 aliphatic heterocycles. The highest BCUT2D eigenvalue weighted by molar-refractivity contribution is 5.88. The smallest absolute Gasteiger partial charge is 0.227 e. The van der Waals surface area contributed by atoms with Crippen LogP contribution in [0, 0.1) is 0 Å². The number of para-hydroxylation sites is 1. The Labute approximate surface area is 134 Å². The second-order valence-electron chi connectivity index (χ2n) is 6.16. The van der Waals surface area contributed by atoms with Crippen LogP contribution in [0.3, 0.4) is 0 Å². The third-order valence-corrected chi connectivity index (χ3v) is 4.66. The number of hydrogen-bond acceptors (Lipinski definition) is 2. The van der Waals surface area contributed by atoms with Gasteiger partial charge in [0.2, 0.25) is 5.91 Å². The molecule has 0 aliphatic carbocycles. The van der Waals surface area contributed by atoms with Gasteiger partial charge in [0, 0.05) is 42.6 Å². The van der Waals surface area contributed by atoms with Crippen LogP contribution in [0.4, 0.5) is 0 Å². The third kappa shape index (κ3) is 2.74. The van der Waals surface area contributed by atoms with Crippen LogP contribution in [-0.2, 0) is 11.2 Å². The van der Waals surface area contributed by atoms with E-state index in [-0.39, 0.29) is 5.91 Å². The van der Waals surface area contributed by atoms with Crippen LogP contribution in [0.5, 0.6) is 0 Å². The molecular formula is C18H20N4O. The van der Waals surface area contributed by atoms with Crippen molar-refractivity contribution < 1.29 is 4.79 Å². The minimum absolute atomic E-state index is 0.201. The van der Waals surface area contributed by atoms with E-state index >= 15 is 0 Å². The first kappa shape index (κ1) is 14.1. The van der Waals surface area contributed by atoms with Crippen molar-refractivity contribution in [1.29, 1.82) is 0 Å². The van der Waals surface area contributed by atoms with Crippen LogP contribution in [0.25, 0.3) is 10.9 Å². The molecule has 1 amide bonds. The lowest BCUT2D eigenvalue weighted by Gasteiger charge is -2.33. The molecule has 3 heterocycles. The number of amides is 1. The Hall–Kier alpha value is -2.56. The largest absolute Gasteiger partial charge is 0.361 e. The van der Waals surface area contributed by atoms with Gasteiger partial charge in [-0.1, -0.05) is 18.2 Å². The number of benzene rings is 1. The highest BCUT2D eigenvalue weighted by Gasteiger charge is 2.25. The first-order valence-corrected chi connectivity index (χ1v) is 8.13. The van der Waals surface area contributed by atoms with Gasteiger partial charge in [0.15, 0.2) is 0 Å². The molecule has 3 aromatic rings. The summed E-state index contributed by atoms with van der Waals surface area (Å²) in [4.78, 5) is 17.9. The van der Waals surface area contributed by atoms with Crippen molar-refractivity contribution in [2.24, 2.45) is 0 Å². The van der Waals surface area contributed by atoms with E-state index in [9.17, 15) is 4.79 Å². The number of fused-ring (bicyclic) bond motifs is 1. The van der Waals surface area contributed by atoms with E-state index < -0.39 is 0 Å². The summed E-state index contributed by atoms with van der Waals surface area (Å²) in [5, 5.41) is 5.46. The highest BCUT2D eigenvalue weighted by atomic mass is 16.2. The number of carbonyl (C=O) groups is 1. The monoisotopic (exact) mass is 308 g/mol. The number of aromatic amines is 1. The topological polar surface area (TPSA) is 53.9 Å². The number of H-pyrrole nitrogens is 1. The minimum Gasteiger partial charge on any atom is -0.361 e. The van der Waals surface area contributed by atoms with Crippen LogP contribution in [0.1, 0.15) is 24.4 Å². The van der Waals surface area contributed by atoms with E-state index in [0.29, 0.717) is 12.5 Å². The number of carbonyl (C=O) groups excluding carboxylic acids is 1. The first-order chi connectivity index (χ1) is 11.3. The predicted octanol–water partition coefficient (Wildman–Crippen LogP) is 2.77. The van der Waals surface area contributed by atoms with E-state index in [2.05, 4.69) is 16.1 Å². The zero-order valence-electron chi connectivity index (χ0n) is 13.0. The summed E-state index contributed by atoms with van der Waals surface area (Å²) >= 11 is 0. The molecule has 118 valence electrons. The summed E-state index contributed by atoms with van der Waals surface area (Å²) in [5.41, 5.74) is 2.16. The van der Waals surface area contributed by atoms with Crippen LogP contribution in [-0.4, -0.2) is 38.7 Å². The molecule has 5 heteroatoms. The minimum atomic E-state index is 0.201. The molecule has 4 rings (SSSR count). The zero-order valence-corrected chi connectivity index (χ0v) is 13.0. The molecule has 1 aromatic carbocycles. The quantitative estimate of drug-likeness (QED) is 0.809. The Morgan fingerprint density at radius 2 is 2.22 bits per heavy atom. The molecular weight excluding hydrogens is 288 g/mol. The fraction of sp³-hybridized carbons (Fsp3) is 0.333. The Morgan fingerprint density at radius 3 is 3.09 bits per heavy atom. The van der Waals surface area contributed by atoms with Gasteiger partial charge in [-0.15, -0.1) is 0 Å². The number of likely N-dealkylation sites (tertiary alicyclic amines) is 1. The lowest BCUT2D eigenvalue weighted by Crippen LogP contribution is -2.41. The number of aromatic nitrogens is 3. The maximum absolute atomic E-state index is 12.7. The maximum atomic E-state index is 12.7. The Bertz CT molecular complexity index is 805. The standard InChI is InChI=1S/C18H20N4O/c23-18(11-14-12-19-17-7-2-1-6-16(14)17)21-9-3-5-15(13-21)22-10-4-8-20-22/h1-2,4,6-8,10,12,15,19H,3,5,9,11,13H2. The lowest BCUT2D eigenvalue weighted by molar-refractivity contribution is -0.132. The molecule has 0 bridgehead atoms. The van der Waals surface area contributed by atoms with Crippen molar-refractivity contribution in [3.63, 3.8) is 0 Å². The summed E-state index contributed by atoms with van der Waals surface area (Å²) in [6, 6.07) is 10.4. The molecule has 0 saturated carbocycles. The maximum Gasteiger partial charge on any atom is 0.227 e. The molecule has 1 fully saturated rings. The summed E-state index contributed by atoms with van der Waals surface area (Å²) in [6.45, 7) is 1.60. The summed E-state index contributed by atoms with van der Waals surface area (Å²) in [6.07, 6.45) is 8.31. The van der Waals surface area contributed by atoms with E-state index in [1.807, 2.05) is 46.2 Å². The molecule has 1 N–H and O–H groups in total. The van der Waals surface area contributed by atoms with Crippen molar-refractivity contribution in [1.82, 2.24) is 19.7 Å². The second kappa shape index (κ2) is 5.91. The van der Waals surface area contributed by atoms with Gasteiger partial charge in [-0.3, -0.25) is 9.48 Å². The van der Waals surface area contributed by atoms with Gasteiger partial charge in [0.05, 0.1) is 12.5 Å². The lowest BCUT2D eigenvalue weighted by atomic mass is 10.0. The molecule has 0 radical (unpaired) electrons. The van der Waals surface area contributed by atoms with Crippen molar-refractivity contribution in [2.75, 3.05) is 13.1 Å². The van der Waals surface area contributed by atoms with E-state index in [4.69, 9.17) is 0 Å². The Morgan fingerprint density at radius 1 is 1.30 bits per heavy atom. The molecule has 2 aromatic heterocycles. The fourth-order valence-corrected chi connectivity index (χ4v) is 3.45. The number of rotatable bonds is 3. The molecule has 23 heavy (non-hydrogen) atoms. The van der Waals surface area contributed by atoms with Crippen molar-refractivity contribution in [3.8, 4) is 0 Å². The molecule has 1 unspecified atom stereocenters. The Kier molecular flexibility index (Phi) is 3.61. The number of piperidine rings is 1. The van der Waals surface area contributed by atoms with Crippen LogP contribution in [0.15, 0.2) is 48.9 Å². The number of nitrogens with zero attached hydrogens (tertiary/aromatic N) is 3. The van der Waals surface area contributed by atoms with Crippen LogP contribution in [0.2, 0.25) is 0 Å². The van der Waals surface area contributed by atoms with Gasteiger partial charge < -0.3 is 9.88 Å². The summed E-state index contributed by atoms with van der Waals surface area (Å²) in [5.74, 6) is 0.201. The van der Waals surface area contributed by atoms with E-state index in [1.165, 1.54) is 0 Å². The molecule has 1 atom stereocenters. The van der Waals surface area contributed by atoms with Gasteiger partial charge in [0.1, 0.15) is 0 Å². The third-order valence-electron chi connectivity index (χ3n) is 4.66. The number of hydrogen-bond donors (Lipinski definition) is 1. The van der Waals surface area contributed by atoms with E-state index in [0.717, 1.165) is 42.4 Å². The summed E-state index contributed by atoms with van der Waals surface area (Å²) in [7, 11) is 0. The van der Waals surface area contributed by atoms with Crippen molar-refractivity contribution in [2.45, 2.75) is 25.3 Å². The predicted molar refractivity (Wildman–Crippen MR) is 89.1 cm³/mol. The van der Waals surface area contributed by atoms with Crippen molar-refractivity contribution in [3.05, 3.63) is 54.5 Å². The normalized spacial score (nSPS) is 18.4. The van der Waals surface area contributed by atoms with Crippen molar-refractivity contribution >= 4 is 16.8 Å². The van der Waals surface area contributed by atoms with Crippen LogP contribution >= 0.6 is 0 Å². The average Bonchev–Trinajstić information content (AvgIpc) is 3.25. The molecule has 0 spiro atoms. The van der Waals surface area contributed by atoms with Gasteiger partial charge in [-0.2, -0.15) is 5.10 Å². The molecule has 1 saturated heterocycles.